The minimum Gasteiger partial charge on any atom is -0.466 e. The third kappa shape index (κ3) is 38.2. The second-order valence-electron chi connectivity index (χ2n) is 19.8. The van der Waals surface area contributed by atoms with Gasteiger partial charge in [0, 0.05) is 25.6 Å². The maximum atomic E-state index is 12.9. The molecule has 0 aliphatic carbocycles. The number of aryl methyl sites for hydroxylation is 2. The lowest BCUT2D eigenvalue weighted by Crippen LogP contribution is -2.28. The highest BCUT2D eigenvalue weighted by molar-refractivity contribution is 5.69. The first-order chi connectivity index (χ1) is 29.7. The Morgan fingerprint density at radius 2 is 1.02 bits per heavy atom. The number of hydrogen-bond donors (Lipinski definition) is 0. The van der Waals surface area contributed by atoms with Crippen LogP contribution in [-0.2, 0) is 32.0 Å². The molecule has 1 heterocycles. The summed E-state index contributed by atoms with van der Waals surface area (Å²) >= 11 is 0. The highest BCUT2D eigenvalue weighted by Gasteiger charge is 2.15. The molecule has 8 heteroatoms. The van der Waals surface area contributed by atoms with Crippen molar-refractivity contribution >= 4 is 11.9 Å². The summed E-state index contributed by atoms with van der Waals surface area (Å²) in [5, 5.41) is 8.88. The van der Waals surface area contributed by atoms with Crippen LogP contribution in [0.5, 0.6) is 0 Å². The van der Waals surface area contributed by atoms with Gasteiger partial charge in [-0.15, -0.1) is 5.10 Å². The molecule has 8 nitrogen and oxygen atoms in total. The van der Waals surface area contributed by atoms with E-state index in [1.54, 1.807) is 0 Å². The molecule has 358 valence electrons. The van der Waals surface area contributed by atoms with Crippen LogP contribution < -0.4 is 0 Å². The molecule has 0 aromatic carbocycles. The summed E-state index contributed by atoms with van der Waals surface area (Å²) in [5.41, 5.74) is 1.40. The Morgan fingerprint density at radius 3 is 1.54 bits per heavy atom. The van der Waals surface area contributed by atoms with Crippen molar-refractivity contribution in [2.75, 3.05) is 26.2 Å². The number of carbonyl (C=O) groups is 2. The summed E-state index contributed by atoms with van der Waals surface area (Å²) < 4.78 is 13.6. The van der Waals surface area contributed by atoms with E-state index in [9.17, 15) is 9.59 Å². The summed E-state index contributed by atoms with van der Waals surface area (Å²) in [5.74, 6) is 0.0117. The van der Waals surface area contributed by atoms with Gasteiger partial charge in [0.25, 0.3) is 0 Å². The number of carbonyl (C=O) groups excluding carboxylic acids is 2. The maximum absolute atomic E-state index is 12.9. The highest BCUT2D eigenvalue weighted by Crippen LogP contribution is 2.21. The zero-order valence-corrected chi connectivity index (χ0v) is 41.6. The van der Waals surface area contributed by atoms with Gasteiger partial charge < -0.3 is 14.4 Å². The van der Waals surface area contributed by atoms with Crippen LogP contribution in [0.25, 0.3) is 0 Å². The largest absolute Gasteiger partial charge is 0.466 e. The molecule has 0 radical (unpaired) electrons. The van der Waals surface area contributed by atoms with Crippen LogP contribution >= 0.6 is 0 Å². The molecule has 1 aromatic heterocycles. The molecule has 0 N–H and O–H groups in total. The number of aromatic nitrogens is 3. The van der Waals surface area contributed by atoms with E-state index in [1.165, 1.54) is 154 Å². The first-order valence-electron chi connectivity index (χ1n) is 26.6. The molecule has 0 unspecified atom stereocenters. The summed E-state index contributed by atoms with van der Waals surface area (Å²) in [6.45, 7) is 18.4. The summed E-state index contributed by atoms with van der Waals surface area (Å²) in [6, 6.07) is 0. The van der Waals surface area contributed by atoms with Gasteiger partial charge in [-0.1, -0.05) is 188 Å². The van der Waals surface area contributed by atoms with Crippen molar-refractivity contribution in [1.29, 1.82) is 0 Å². The van der Waals surface area contributed by atoms with Crippen molar-refractivity contribution in [3.63, 3.8) is 0 Å². The zero-order chi connectivity index (χ0) is 44.5. The molecule has 1 rings (SSSR count). The molecule has 0 bridgehead atoms. The molecule has 1 aromatic rings. The van der Waals surface area contributed by atoms with Crippen LogP contribution in [-0.4, -0.2) is 64.2 Å². The Labute approximate surface area is 378 Å². The Balaban J connectivity index is 2.40. The Morgan fingerprint density at radius 1 is 0.574 bits per heavy atom. The topological polar surface area (TPSA) is 86.5 Å². The molecule has 61 heavy (non-hydrogen) atoms. The van der Waals surface area contributed by atoms with Crippen molar-refractivity contribution in [1.82, 2.24) is 19.9 Å². The lowest BCUT2D eigenvalue weighted by Gasteiger charge is -2.22. The standard InChI is InChI=1S/C53H102N4O4/c1-7-10-13-16-19-28-35-47-60-51(58)39-31-24-20-26-33-43-56(45-36-46-57-48-49(54-55-57)41-42-53(4,5)6)44-34-27-21-25-32-40-52(59)61-50(37-29-22-17-14-11-8-2)38-30-23-18-15-12-9-3/h48,50H,7-47H2,1-6H3. The predicted molar refractivity (Wildman–Crippen MR) is 259 cm³/mol. The van der Waals surface area contributed by atoms with Gasteiger partial charge in [-0.05, 0) is 102 Å². The Bertz CT molecular complexity index is 1100. The van der Waals surface area contributed by atoms with Gasteiger partial charge in [0.05, 0.1) is 12.3 Å². The lowest BCUT2D eigenvalue weighted by atomic mass is 9.90. The minimum absolute atomic E-state index is 0.0166. The van der Waals surface area contributed by atoms with E-state index in [2.05, 4.69) is 63.0 Å². The number of ether oxygens (including phenoxy) is 2. The van der Waals surface area contributed by atoms with Gasteiger partial charge >= 0.3 is 11.9 Å². The van der Waals surface area contributed by atoms with E-state index in [0.717, 1.165) is 96.1 Å². The van der Waals surface area contributed by atoms with Gasteiger partial charge in [0.15, 0.2) is 0 Å². The quantitative estimate of drug-likeness (QED) is 0.0477. The van der Waals surface area contributed by atoms with Gasteiger partial charge in [-0.25, -0.2) is 0 Å². The minimum atomic E-state index is -0.0166. The average Bonchev–Trinajstić information content (AvgIpc) is 3.69. The van der Waals surface area contributed by atoms with Crippen molar-refractivity contribution < 1.29 is 19.1 Å². The SMILES string of the molecule is CCCCCCCCCOC(=O)CCCCCCCN(CCCCCCCC(=O)OC(CCCCCCCC)CCCCCCCC)CCCn1cc(CCC(C)(C)C)nn1. The van der Waals surface area contributed by atoms with Gasteiger partial charge in [0.1, 0.15) is 6.10 Å². The fourth-order valence-corrected chi connectivity index (χ4v) is 8.26. The molecule has 0 fully saturated rings. The molecule has 0 aliphatic rings. The van der Waals surface area contributed by atoms with Crippen molar-refractivity contribution in [3.05, 3.63) is 11.9 Å². The third-order valence-corrected chi connectivity index (χ3v) is 12.4. The zero-order valence-electron chi connectivity index (χ0n) is 41.6. The van der Waals surface area contributed by atoms with E-state index in [4.69, 9.17) is 9.47 Å². The van der Waals surface area contributed by atoms with Crippen molar-refractivity contribution in [2.45, 2.75) is 285 Å². The highest BCUT2D eigenvalue weighted by atomic mass is 16.5. The van der Waals surface area contributed by atoms with E-state index in [0.29, 0.717) is 24.9 Å². The summed E-state index contributed by atoms with van der Waals surface area (Å²) in [7, 11) is 0. The Hall–Kier alpha value is -1.96. The van der Waals surface area contributed by atoms with Gasteiger partial charge in [0.2, 0.25) is 0 Å². The average molecular weight is 859 g/mol. The maximum Gasteiger partial charge on any atom is 0.306 e. The number of nitrogens with zero attached hydrogens (tertiary/aromatic N) is 4. The van der Waals surface area contributed by atoms with Crippen LogP contribution in [0.3, 0.4) is 0 Å². The third-order valence-electron chi connectivity index (χ3n) is 12.4. The van der Waals surface area contributed by atoms with Crippen molar-refractivity contribution in [2.24, 2.45) is 5.41 Å². The van der Waals surface area contributed by atoms with Crippen LogP contribution in [0.1, 0.15) is 272 Å². The molecular formula is C53H102N4O4. The Kier molecular flexibility index (Phi) is 38.2. The van der Waals surface area contributed by atoms with Gasteiger partial charge in [-0.2, -0.15) is 0 Å². The first-order valence-corrected chi connectivity index (χ1v) is 26.6. The molecule has 0 atom stereocenters. The molecule has 0 saturated heterocycles. The van der Waals surface area contributed by atoms with Crippen LogP contribution in [0.4, 0.5) is 0 Å². The number of unbranched alkanes of at least 4 members (excludes halogenated alkanes) is 24. The van der Waals surface area contributed by atoms with Crippen LogP contribution in [0.2, 0.25) is 0 Å². The molecule has 0 spiro atoms. The molecular weight excluding hydrogens is 757 g/mol. The second-order valence-corrected chi connectivity index (χ2v) is 19.8. The lowest BCUT2D eigenvalue weighted by molar-refractivity contribution is -0.150. The van der Waals surface area contributed by atoms with Gasteiger partial charge in [-0.3, -0.25) is 14.3 Å². The number of rotatable bonds is 45. The fraction of sp³-hybridized carbons (Fsp3) is 0.925. The second kappa shape index (κ2) is 40.8. The van der Waals surface area contributed by atoms with E-state index in [-0.39, 0.29) is 18.0 Å². The summed E-state index contributed by atoms with van der Waals surface area (Å²) in [4.78, 5) is 27.7. The molecule has 0 aliphatic heterocycles. The van der Waals surface area contributed by atoms with E-state index >= 15 is 0 Å². The normalized spacial score (nSPS) is 11.9. The van der Waals surface area contributed by atoms with E-state index in [1.807, 2.05) is 4.68 Å². The fourth-order valence-electron chi connectivity index (χ4n) is 8.26. The first kappa shape index (κ1) is 57.1. The van der Waals surface area contributed by atoms with E-state index < -0.39 is 0 Å². The predicted octanol–water partition coefficient (Wildman–Crippen LogP) is 15.3. The monoisotopic (exact) mass is 859 g/mol. The molecule has 0 saturated carbocycles. The van der Waals surface area contributed by atoms with Crippen LogP contribution in [0.15, 0.2) is 6.20 Å². The number of hydrogen-bond acceptors (Lipinski definition) is 7. The van der Waals surface area contributed by atoms with Crippen molar-refractivity contribution in [3.8, 4) is 0 Å². The number of esters is 2. The smallest absolute Gasteiger partial charge is 0.306 e. The van der Waals surface area contributed by atoms with Crippen LogP contribution in [0, 0.1) is 5.41 Å². The molecule has 0 amide bonds. The summed E-state index contributed by atoms with van der Waals surface area (Å²) in [6.07, 6.45) is 44.0.